The summed E-state index contributed by atoms with van der Waals surface area (Å²) in [6.07, 6.45) is 1.94. The average molecular weight is 206 g/mol. The average Bonchev–Trinajstić information content (AvgIpc) is 2.28. The van der Waals surface area contributed by atoms with Crippen molar-refractivity contribution in [2.75, 3.05) is 11.9 Å². The zero-order chi connectivity index (χ0) is 10.9. The lowest BCUT2D eigenvalue weighted by molar-refractivity contribution is 0.0448. The number of rotatable bonds is 2. The maximum absolute atomic E-state index is 10.1. The Hall–Kier alpha value is -1.06. The summed E-state index contributed by atoms with van der Waals surface area (Å²) >= 11 is 0. The number of para-hydroxylation sites is 1. The van der Waals surface area contributed by atoms with Crippen molar-refractivity contribution in [3.8, 4) is 0 Å². The predicted octanol–water partition coefficient (Wildman–Crippen LogP) is 1.12. The molecule has 15 heavy (non-hydrogen) atoms. The minimum atomic E-state index is -0.826. The van der Waals surface area contributed by atoms with E-state index in [-0.39, 0.29) is 12.6 Å². The molecule has 0 saturated carbocycles. The van der Waals surface area contributed by atoms with Gasteiger partial charge in [-0.15, -0.1) is 0 Å². The van der Waals surface area contributed by atoms with Crippen molar-refractivity contribution in [2.24, 2.45) is 5.73 Å². The van der Waals surface area contributed by atoms with Gasteiger partial charge in [0, 0.05) is 12.2 Å². The Morgan fingerprint density at radius 3 is 3.00 bits per heavy atom. The molecule has 2 unspecified atom stereocenters. The summed E-state index contributed by atoms with van der Waals surface area (Å²) in [4.78, 5) is 0. The van der Waals surface area contributed by atoms with Crippen LogP contribution < -0.4 is 11.1 Å². The number of hydrogen-bond donors (Lipinski definition) is 3. The van der Waals surface area contributed by atoms with Crippen molar-refractivity contribution < 1.29 is 5.11 Å². The molecule has 0 amide bonds. The lowest BCUT2D eigenvalue weighted by Crippen LogP contribution is -2.51. The van der Waals surface area contributed by atoms with Gasteiger partial charge in [0.25, 0.3) is 0 Å². The van der Waals surface area contributed by atoms with E-state index in [9.17, 15) is 5.11 Å². The summed E-state index contributed by atoms with van der Waals surface area (Å²) in [5.74, 6) is 0. The molecule has 1 aliphatic heterocycles. The van der Waals surface area contributed by atoms with Gasteiger partial charge < -0.3 is 16.2 Å². The van der Waals surface area contributed by atoms with Gasteiger partial charge in [0.05, 0.1) is 11.6 Å². The van der Waals surface area contributed by atoms with Gasteiger partial charge in [-0.05, 0) is 31.4 Å². The van der Waals surface area contributed by atoms with Crippen molar-refractivity contribution in [2.45, 2.75) is 31.4 Å². The number of anilines is 1. The molecule has 2 atom stereocenters. The van der Waals surface area contributed by atoms with Crippen LogP contribution in [0.3, 0.4) is 0 Å². The second kappa shape index (κ2) is 3.83. The predicted molar refractivity (Wildman–Crippen MR) is 61.9 cm³/mol. The third-order valence-electron chi connectivity index (χ3n) is 3.21. The fraction of sp³-hybridized carbons (Fsp3) is 0.500. The van der Waals surface area contributed by atoms with Crippen molar-refractivity contribution in [1.29, 1.82) is 0 Å². The Balaban J connectivity index is 2.19. The van der Waals surface area contributed by atoms with Crippen LogP contribution in [0.1, 0.15) is 18.9 Å². The van der Waals surface area contributed by atoms with Crippen LogP contribution in [0.15, 0.2) is 24.3 Å². The third-order valence-corrected chi connectivity index (χ3v) is 3.21. The maximum atomic E-state index is 10.1. The molecule has 82 valence electrons. The normalized spacial score (nSPS) is 23.8. The highest BCUT2D eigenvalue weighted by Gasteiger charge is 2.32. The molecule has 4 N–H and O–H groups in total. The Bertz CT molecular complexity index is 349. The van der Waals surface area contributed by atoms with Crippen molar-refractivity contribution >= 4 is 5.69 Å². The highest BCUT2D eigenvalue weighted by molar-refractivity contribution is 5.54. The first kappa shape index (κ1) is 10.5. The number of benzene rings is 1. The summed E-state index contributed by atoms with van der Waals surface area (Å²) in [5, 5.41) is 13.4. The van der Waals surface area contributed by atoms with Gasteiger partial charge in [0.1, 0.15) is 0 Å². The second-order valence-corrected chi connectivity index (χ2v) is 4.45. The van der Waals surface area contributed by atoms with E-state index in [2.05, 4.69) is 11.4 Å². The number of nitrogens with two attached hydrogens (primary N) is 1. The highest BCUT2D eigenvalue weighted by atomic mass is 16.3. The number of nitrogens with one attached hydrogen (secondary N) is 1. The molecule has 0 fully saturated rings. The smallest absolute Gasteiger partial charge is 0.0941 e. The summed E-state index contributed by atoms with van der Waals surface area (Å²) < 4.78 is 0. The van der Waals surface area contributed by atoms with E-state index < -0.39 is 5.60 Å². The minimum Gasteiger partial charge on any atom is -0.387 e. The Kier molecular flexibility index (Phi) is 2.67. The maximum Gasteiger partial charge on any atom is 0.0941 e. The first-order chi connectivity index (χ1) is 7.13. The topological polar surface area (TPSA) is 58.3 Å². The molecule has 1 aliphatic rings. The molecule has 1 aromatic carbocycles. The van der Waals surface area contributed by atoms with E-state index in [0.29, 0.717) is 0 Å². The number of aliphatic hydroxyl groups is 1. The lowest BCUT2D eigenvalue weighted by atomic mass is 9.87. The van der Waals surface area contributed by atoms with Crippen LogP contribution in [-0.2, 0) is 6.42 Å². The molecule has 0 aliphatic carbocycles. The zero-order valence-corrected chi connectivity index (χ0v) is 9.03. The quantitative estimate of drug-likeness (QED) is 0.679. The molecular formula is C12H18N2O. The molecule has 0 aromatic heterocycles. The fourth-order valence-corrected chi connectivity index (χ4v) is 2.05. The van der Waals surface area contributed by atoms with E-state index in [1.807, 2.05) is 18.2 Å². The second-order valence-electron chi connectivity index (χ2n) is 4.45. The van der Waals surface area contributed by atoms with E-state index >= 15 is 0 Å². The Morgan fingerprint density at radius 1 is 1.53 bits per heavy atom. The first-order valence-electron chi connectivity index (χ1n) is 5.40. The van der Waals surface area contributed by atoms with Crippen LogP contribution in [0.25, 0.3) is 0 Å². The standard InChI is InChI=1S/C12H18N2O/c1-12(15,8-13)11-7-6-9-4-2-3-5-10(9)14-11/h2-5,11,14-15H,6-8,13H2,1H3. The number of hydrogen-bond acceptors (Lipinski definition) is 3. The summed E-state index contributed by atoms with van der Waals surface area (Å²) in [5.41, 5.74) is 7.19. The molecule has 1 heterocycles. The van der Waals surface area contributed by atoms with Gasteiger partial charge in [-0.1, -0.05) is 18.2 Å². The van der Waals surface area contributed by atoms with Gasteiger partial charge in [-0.3, -0.25) is 0 Å². The van der Waals surface area contributed by atoms with Crippen LogP contribution in [-0.4, -0.2) is 23.3 Å². The molecule has 3 nitrogen and oxygen atoms in total. The van der Waals surface area contributed by atoms with Crippen LogP contribution in [0.5, 0.6) is 0 Å². The Labute approximate surface area is 90.3 Å². The minimum absolute atomic E-state index is 0.0531. The van der Waals surface area contributed by atoms with Crippen LogP contribution in [0.2, 0.25) is 0 Å². The monoisotopic (exact) mass is 206 g/mol. The van der Waals surface area contributed by atoms with Gasteiger partial charge >= 0.3 is 0 Å². The SMILES string of the molecule is CC(O)(CN)C1CCc2ccccc2N1. The lowest BCUT2D eigenvalue weighted by Gasteiger charge is -2.36. The van der Waals surface area contributed by atoms with Crippen LogP contribution in [0.4, 0.5) is 5.69 Å². The third kappa shape index (κ3) is 1.98. The summed E-state index contributed by atoms with van der Waals surface area (Å²) in [7, 11) is 0. The van der Waals surface area contributed by atoms with Gasteiger partial charge in [0.15, 0.2) is 0 Å². The molecule has 0 bridgehead atoms. The fourth-order valence-electron chi connectivity index (χ4n) is 2.05. The van der Waals surface area contributed by atoms with E-state index in [0.717, 1.165) is 18.5 Å². The molecule has 0 saturated heterocycles. The van der Waals surface area contributed by atoms with Crippen molar-refractivity contribution in [1.82, 2.24) is 0 Å². The zero-order valence-electron chi connectivity index (χ0n) is 9.03. The largest absolute Gasteiger partial charge is 0.387 e. The van der Waals surface area contributed by atoms with Gasteiger partial charge in [-0.2, -0.15) is 0 Å². The molecule has 1 aromatic rings. The van der Waals surface area contributed by atoms with Crippen molar-refractivity contribution in [3.05, 3.63) is 29.8 Å². The highest BCUT2D eigenvalue weighted by Crippen LogP contribution is 2.28. The number of fused-ring (bicyclic) bond motifs is 1. The summed E-state index contributed by atoms with van der Waals surface area (Å²) in [6.45, 7) is 2.07. The Morgan fingerprint density at radius 2 is 2.27 bits per heavy atom. The first-order valence-corrected chi connectivity index (χ1v) is 5.40. The number of aryl methyl sites for hydroxylation is 1. The molecule has 0 radical (unpaired) electrons. The van der Waals surface area contributed by atoms with Crippen LogP contribution >= 0.6 is 0 Å². The molecule has 3 heteroatoms. The molecular weight excluding hydrogens is 188 g/mol. The van der Waals surface area contributed by atoms with E-state index in [4.69, 9.17) is 5.73 Å². The van der Waals surface area contributed by atoms with Crippen molar-refractivity contribution in [3.63, 3.8) is 0 Å². The summed E-state index contributed by atoms with van der Waals surface area (Å²) in [6, 6.07) is 8.27. The van der Waals surface area contributed by atoms with Gasteiger partial charge in [0.2, 0.25) is 0 Å². The van der Waals surface area contributed by atoms with Gasteiger partial charge in [-0.25, -0.2) is 0 Å². The van der Waals surface area contributed by atoms with E-state index in [1.165, 1.54) is 5.56 Å². The molecule has 0 spiro atoms. The van der Waals surface area contributed by atoms with Crippen LogP contribution in [0, 0.1) is 0 Å². The molecule has 2 rings (SSSR count). The van der Waals surface area contributed by atoms with E-state index in [1.54, 1.807) is 6.92 Å².